The van der Waals surface area contributed by atoms with Crippen molar-refractivity contribution in [1.29, 1.82) is 10.7 Å². The van der Waals surface area contributed by atoms with Crippen molar-refractivity contribution >= 4 is 32.8 Å². The molecule has 1 aromatic heterocycles. The zero-order valence-corrected chi connectivity index (χ0v) is 19.5. The van der Waals surface area contributed by atoms with Crippen LogP contribution in [0.15, 0.2) is 77.7 Å². The van der Waals surface area contributed by atoms with Crippen LogP contribution in [-0.2, 0) is 15.4 Å². The molecule has 0 atom stereocenters. The summed E-state index contributed by atoms with van der Waals surface area (Å²) in [5, 5.41) is 18.0. The maximum Gasteiger partial charge on any atom is 0.261 e. The van der Waals surface area contributed by atoms with Crippen LogP contribution in [0.1, 0.15) is 31.5 Å². The Balaban J connectivity index is 1.94. The van der Waals surface area contributed by atoms with Crippen molar-refractivity contribution < 1.29 is 12.8 Å². The number of nitrogens with one attached hydrogen (secondary N) is 2. The number of sulfonamides is 1. The molecule has 0 aliphatic rings. The van der Waals surface area contributed by atoms with Gasteiger partial charge in [0.15, 0.2) is 0 Å². The van der Waals surface area contributed by atoms with E-state index in [-0.39, 0.29) is 22.8 Å². The van der Waals surface area contributed by atoms with E-state index in [0.29, 0.717) is 16.8 Å². The van der Waals surface area contributed by atoms with E-state index < -0.39 is 15.4 Å². The Hall–Kier alpha value is -3.96. The Morgan fingerprint density at radius 3 is 2.38 bits per heavy atom. The lowest BCUT2D eigenvalue weighted by molar-refractivity contribution is 0.514. The van der Waals surface area contributed by atoms with Crippen LogP contribution in [0.25, 0.3) is 16.6 Å². The van der Waals surface area contributed by atoms with E-state index in [0.717, 1.165) is 17.3 Å². The lowest BCUT2D eigenvalue weighted by atomic mass is 9.86. The molecule has 6 nitrogen and oxygen atoms in total. The summed E-state index contributed by atoms with van der Waals surface area (Å²) in [5.41, 5.74) is 2.33. The third-order valence-corrected chi connectivity index (χ3v) is 7.11. The second-order valence-electron chi connectivity index (χ2n) is 8.62. The highest BCUT2D eigenvalue weighted by Crippen LogP contribution is 2.37. The first-order chi connectivity index (χ1) is 16.2. The zero-order valence-electron chi connectivity index (χ0n) is 18.7. The second-order valence-corrected chi connectivity index (χ2v) is 10.3. The Morgan fingerprint density at radius 1 is 1.09 bits per heavy atom. The first kappa shape index (κ1) is 23.2. The number of anilines is 1. The van der Waals surface area contributed by atoms with Gasteiger partial charge in [0, 0.05) is 40.4 Å². The number of hydrogen-bond acceptors (Lipinski definition) is 4. The van der Waals surface area contributed by atoms with Crippen molar-refractivity contribution in [2.45, 2.75) is 30.6 Å². The highest BCUT2D eigenvalue weighted by molar-refractivity contribution is 7.92. The van der Waals surface area contributed by atoms with Crippen LogP contribution in [0.2, 0.25) is 0 Å². The molecule has 0 spiro atoms. The summed E-state index contributed by atoms with van der Waals surface area (Å²) >= 11 is 0. The van der Waals surface area contributed by atoms with E-state index in [2.05, 4.69) is 10.8 Å². The van der Waals surface area contributed by atoms with Crippen LogP contribution in [0.3, 0.4) is 0 Å². The molecule has 4 aromatic rings. The average molecular weight is 475 g/mol. The molecule has 0 radical (unpaired) electrons. The van der Waals surface area contributed by atoms with Crippen LogP contribution in [0.5, 0.6) is 0 Å². The maximum absolute atomic E-state index is 13.6. The monoisotopic (exact) mass is 474 g/mol. The fourth-order valence-electron chi connectivity index (χ4n) is 3.94. The van der Waals surface area contributed by atoms with Crippen LogP contribution in [0.4, 0.5) is 10.1 Å². The van der Waals surface area contributed by atoms with Crippen molar-refractivity contribution in [1.82, 2.24) is 4.57 Å². The molecule has 0 fully saturated rings. The molecule has 4 rings (SSSR count). The Kier molecular flexibility index (Phi) is 5.98. The number of halogens is 1. The summed E-state index contributed by atoms with van der Waals surface area (Å²) < 4.78 is 44.0. The van der Waals surface area contributed by atoms with Gasteiger partial charge < -0.3 is 9.98 Å². The molecule has 0 amide bonds. The fourth-order valence-corrected chi connectivity index (χ4v) is 5.04. The average Bonchev–Trinajstić information content (AvgIpc) is 3.18. The summed E-state index contributed by atoms with van der Waals surface area (Å²) in [6.07, 6.45) is 1.33. The topological polar surface area (TPSA) is 98.7 Å². The molecule has 0 saturated carbocycles. The molecular formula is C26H23FN4O2S. The predicted molar refractivity (Wildman–Crippen MR) is 132 cm³/mol. The number of nitrogens with zero attached hydrogens (tertiary/aromatic N) is 2. The van der Waals surface area contributed by atoms with E-state index in [1.165, 1.54) is 24.3 Å². The molecule has 8 heteroatoms. The standard InChI is InChI=1S/C26H23FN4O2S/c1-26(2,12-13-28)25-16-18-14-23(30-34(32,33)22-6-4-3-5-7-22)19(17-29)15-24(18)31(25)21-10-8-20(27)9-11-21/h3-11,14-17,29-30H,12H2,1-2H3. The number of aromatic nitrogens is 1. The number of hydrogen-bond donors (Lipinski definition) is 2. The SMILES string of the molecule is CC(C)(CC#N)c1cc2cc(NS(=O)(=O)c3ccccc3)c(C=N)cc2n1-c1ccc(F)cc1. The Bertz CT molecular complexity index is 1520. The van der Waals surface area contributed by atoms with Crippen LogP contribution >= 0.6 is 0 Å². The summed E-state index contributed by atoms with van der Waals surface area (Å²) in [4.78, 5) is 0.116. The van der Waals surface area contributed by atoms with E-state index in [1.807, 2.05) is 24.5 Å². The summed E-state index contributed by atoms with van der Waals surface area (Å²) in [5.74, 6) is -0.365. The third-order valence-electron chi connectivity index (χ3n) is 5.73. The minimum Gasteiger partial charge on any atom is -0.313 e. The molecule has 0 aliphatic carbocycles. The van der Waals surface area contributed by atoms with Crippen molar-refractivity contribution in [2.75, 3.05) is 4.72 Å². The first-order valence-corrected chi connectivity index (χ1v) is 12.1. The molecule has 2 N–H and O–H groups in total. The van der Waals surface area contributed by atoms with Crippen molar-refractivity contribution in [3.63, 3.8) is 0 Å². The van der Waals surface area contributed by atoms with Gasteiger partial charge in [-0.3, -0.25) is 4.72 Å². The number of rotatable bonds is 7. The molecule has 3 aromatic carbocycles. The Labute approximate surface area is 197 Å². The summed E-state index contributed by atoms with van der Waals surface area (Å²) in [6.45, 7) is 3.89. The van der Waals surface area contributed by atoms with E-state index in [1.54, 1.807) is 42.5 Å². The van der Waals surface area contributed by atoms with Gasteiger partial charge in [-0.15, -0.1) is 0 Å². The van der Waals surface area contributed by atoms with Gasteiger partial charge in [-0.1, -0.05) is 32.0 Å². The van der Waals surface area contributed by atoms with Crippen molar-refractivity contribution in [3.8, 4) is 11.8 Å². The number of benzene rings is 3. The van der Waals surface area contributed by atoms with Crippen LogP contribution in [-0.4, -0.2) is 19.2 Å². The van der Waals surface area contributed by atoms with Crippen LogP contribution < -0.4 is 4.72 Å². The highest BCUT2D eigenvalue weighted by atomic mass is 32.2. The van der Waals surface area contributed by atoms with Gasteiger partial charge in [0.25, 0.3) is 10.0 Å². The first-order valence-electron chi connectivity index (χ1n) is 10.6. The summed E-state index contributed by atoms with van der Waals surface area (Å²) in [7, 11) is -3.86. The van der Waals surface area contributed by atoms with Gasteiger partial charge in [0.1, 0.15) is 5.82 Å². The number of fused-ring (bicyclic) bond motifs is 1. The number of nitriles is 1. The lowest BCUT2D eigenvalue weighted by Gasteiger charge is -2.24. The molecule has 0 saturated heterocycles. The lowest BCUT2D eigenvalue weighted by Crippen LogP contribution is -2.20. The van der Waals surface area contributed by atoms with Crippen molar-refractivity contribution in [3.05, 3.63) is 89.9 Å². The largest absolute Gasteiger partial charge is 0.313 e. The van der Waals surface area contributed by atoms with Gasteiger partial charge in [0.2, 0.25) is 0 Å². The third kappa shape index (κ3) is 4.30. The smallest absolute Gasteiger partial charge is 0.261 e. The second kappa shape index (κ2) is 8.76. The predicted octanol–water partition coefficient (Wildman–Crippen LogP) is 5.76. The van der Waals surface area contributed by atoms with Gasteiger partial charge in [0.05, 0.1) is 22.2 Å². The zero-order chi connectivity index (χ0) is 24.5. The van der Waals surface area contributed by atoms with Crippen LogP contribution in [0, 0.1) is 22.6 Å². The molecule has 1 heterocycles. The Morgan fingerprint density at radius 2 is 1.76 bits per heavy atom. The molecule has 34 heavy (non-hydrogen) atoms. The normalized spacial score (nSPS) is 11.8. The highest BCUT2D eigenvalue weighted by Gasteiger charge is 2.27. The quantitative estimate of drug-likeness (QED) is 0.333. The minimum absolute atomic E-state index is 0.116. The van der Waals surface area contributed by atoms with Gasteiger partial charge in [-0.25, -0.2) is 12.8 Å². The fraction of sp³-hybridized carbons (Fsp3) is 0.154. The van der Waals surface area contributed by atoms with E-state index >= 15 is 0 Å². The summed E-state index contributed by atoms with van der Waals surface area (Å²) in [6, 6.07) is 21.6. The molecule has 0 aliphatic heterocycles. The molecule has 0 bridgehead atoms. The maximum atomic E-state index is 13.6. The van der Waals surface area contributed by atoms with Crippen molar-refractivity contribution in [2.24, 2.45) is 0 Å². The minimum atomic E-state index is -3.86. The molecule has 0 unspecified atom stereocenters. The van der Waals surface area contributed by atoms with Gasteiger partial charge >= 0.3 is 0 Å². The molecular weight excluding hydrogens is 451 g/mol. The van der Waals surface area contributed by atoms with Gasteiger partial charge in [-0.05, 0) is 54.6 Å². The molecule has 172 valence electrons. The van der Waals surface area contributed by atoms with E-state index in [9.17, 15) is 18.1 Å². The van der Waals surface area contributed by atoms with E-state index in [4.69, 9.17) is 5.41 Å². The van der Waals surface area contributed by atoms with Gasteiger partial charge in [-0.2, -0.15) is 5.26 Å².